The monoisotopic (exact) mass is 355 g/mol. The van der Waals surface area contributed by atoms with E-state index in [2.05, 4.69) is 37.9 Å². The Balaban J connectivity index is 2.46. The molecule has 0 unspecified atom stereocenters. The Morgan fingerprint density at radius 2 is 1.80 bits per heavy atom. The number of piperidine rings is 1. The van der Waals surface area contributed by atoms with Gasteiger partial charge >= 0.3 is 6.09 Å². The van der Waals surface area contributed by atoms with E-state index in [4.69, 9.17) is 4.74 Å². The van der Waals surface area contributed by atoms with Crippen molar-refractivity contribution in [2.75, 3.05) is 26.2 Å². The van der Waals surface area contributed by atoms with Crippen molar-refractivity contribution in [2.45, 2.75) is 79.0 Å². The highest BCUT2D eigenvalue weighted by atomic mass is 16.6. The van der Waals surface area contributed by atoms with Crippen LogP contribution in [0.4, 0.5) is 4.79 Å². The van der Waals surface area contributed by atoms with Crippen molar-refractivity contribution in [3.05, 3.63) is 0 Å². The summed E-state index contributed by atoms with van der Waals surface area (Å²) in [6, 6.07) is 0.906. The smallest absolute Gasteiger partial charge is 0.410 e. The molecule has 0 aromatic carbocycles. The zero-order valence-corrected chi connectivity index (χ0v) is 17.1. The highest BCUT2D eigenvalue weighted by Crippen LogP contribution is 2.19. The molecule has 1 rings (SSSR count). The number of hydrogen-bond acceptors (Lipinski definition) is 4. The number of carbonyl (C=O) groups excluding carboxylic acids is 2. The predicted molar refractivity (Wildman–Crippen MR) is 101 cm³/mol. The standard InChI is InChI=1S/C19H37N3O3/c1-14(2)22(15(3)4)12-10-20-17(23)16-9-8-11-21(13-16)18(24)25-19(5,6)7/h14-16H,8-13H2,1-7H3,(H,20,23)/t16-/m0/s1. The van der Waals surface area contributed by atoms with Crippen LogP contribution in [0.5, 0.6) is 0 Å². The second-order valence-corrected chi connectivity index (χ2v) is 8.48. The van der Waals surface area contributed by atoms with E-state index in [9.17, 15) is 9.59 Å². The van der Waals surface area contributed by atoms with Crippen molar-refractivity contribution >= 4 is 12.0 Å². The fourth-order valence-corrected chi connectivity index (χ4v) is 3.25. The van der Waals surface area contributed by atoms with E-state index >= 15 is 0 Å². The molecule has 25 heavy (non-hydrogen) atoms. The molecule has 1 saturated heterocycles. The van der Waals surface area contributed by atoms with Crippen LogP contribution in [0.15, 0.2) is 0 Å². The second-order valence-electron chi connectivity index (χ2n) is 8.48. The molecule has 0 radical (unpaired) electrons. The number of amides is 2. The van der Waals surface area contributed by atoms with E-state index < -0.39 is 5.60 Å². The third-order valence-electron chi connectivity index (χ3n) is 4.44. The van der Waals surface area contributed by atoms with Crippen molar-refractivity contribution in [3.8, 4) is 0 Å². The van der Waals surface area contributed by atoms with Gasteiger partial charge in [0.1, 0.15) is 5.60 Å². The van der Waals surface area contributed by atoms with Crippen LogP contribution < -0.4 is 5.32 Å². The molecule has 6 nitrogen and oxygen atoms in total. The zero-order valence-electron chi connectivity index (χ0n) is 17.1. The maximum absolute atomic E-state index is 12.5. The summed E-state index contributed by atoms with van der Waals surface area (Å²) in [6.45, 7) is 16.8. The summed E-state index contributed by atoms with van der Waals surface area (Å²) < 4.78 is 5.42. The summed E-state index contributed by atoms with van der Waals surface area (Å²) in [4.78, 5) is 28.7. The van der Waals surface area contributed by atoms with Crippen molar-refractivity contribution in [2.24, 2.45) is 5.92 Å². The van der Waals surface area contributed by atoms with Crippen molar-refractivity contribution in [3.63, 3.8) is 0 Å². The molecule has 0 aromatic heterocycles. The van der Waals surface area contributed by atoms with Gasteiger partial charge in [0.25, 0.3) is 0 Å². The van der Waals surface area contributed by atoms with Crippen LogP contribution in [-0.2, 0) is 9.53 Å². The van der Waals surface area contributed by atoms with E-state index in [1.807, 2.05) is 20.8 Å². The molecule has 1 atom stereocenters. The van der Waals surface area contributed by atoms with Crippen LogP contribution in [0, 0.1) is 5.92 Å². The van der Waals surface area contributed by atoms with E-state index in [0.29, 0.717) is 31.7 Å². The summed E-state index contributed by atoms with van der Waals surface area (Å²) in [7, 11) is 0. The lowest BCUT2D eigenvalue weighted by molar-refractivity contribution is -0.126. The van der Waals surface area contributed by atoms with Crippen molar-refractivity contribution < 1.29 is 14.3 Å². The molecular formula is C19H37N3O3. The van der Waals surface area contributed by atoms with Crippen LogP contribution >= 0.6 is 0 Å². The minimum absolute atomic E-state index is 0.0423. The molecule has 1 aliphatic heterocycles. The molecule has 0 aliphatic carbocycles. The number of nitrogens with zero attached hydrogens (tertiary/aromatic N) is 2. The maximum atomic E-state index is 12.5. The quantitative estimate of drug-likeness (QED) is 0.796. The summed E-state index contributed by atoms with van der Waals surface area (Å²) in [6.07, 6.45) is 1.33. The Morgan fingerprint density at radius 3 is 2.32 bits per heavy atom. The summed E-state index contributed by atoms with van der Waals surface area (Å²) >= 11 is 0. The lowest BCUT2D eigenvalue weighted by Gasteiger charge is -2.34. The molecule has 1 heterocycles. The second kappa shape index (κ2) is 9.41. The van der Waals surface area contributed by atoms with Crippen LogP contribution in [0.3, 0.4) is 0 Å². The average Bonchev–Trinajstić information content (AvgIpc) is 2.49. The van der Waals surface area contributed by atoms with Crippen LogP contribution in [0.25, 0.3) is 0 Å². The number of carbonyl (C=O) groups is 2. The summed E-state index contributed by atoms with van der Waals surface area (Å²) in [5.41, 5.74) is -0.510. The van der Waals surface area contributed by atoms with Crippen LogP contribution in [0.2, 0.25) is 0 Å². The first-order chi connectivity index (χ1) is 11.5. The molecule has 0 saturated carbocycles. The lowest BCUT2D eigenvalue weighted by Crippen LogP contribution is -2.48. The lowest BCUT2D eigenvalue weighted by atomic mass is 9.97. The highest BCUT2D eigenvalue weighted by molar-refractivity contribution is 5.80. The Bertz CT molecular complexity index is 436. The fraction of sp³-hybridized carbons (Fsp3) is 0.895. The molecular weight excluding hydrogens is 318 g/mol. The van der Waals surface area contributed by atoms with Gasteiger partial charge in [-0.2, -0.15) is 0 Å². The van der Waals surface area contributed by atoms with Gasteiger partial charge in [-0.05, 0) is 61.3 Å². The van der Waals surface area contributed by atoms with Gasteiger partial charge in [0, 0.05) is 38.3 Å². The Morgan fingerprint density at radius 1 is 1.20 bits per heavy atom. The SMILES string of the molecule is CC(C)N(CCNC(=O)[C@H]1CCCN(C(=O)OC(C)(C)C)C1)C(C)C. The highest BCUT2D eigenvalue weighted by Gasteiger charge is 2.30. The van der Waals surface area contributed by atoms with Crippen LogP contribution in [-0.4, -0.2) is 65.7 Å². The van der Waals surface area contributed by atoms with Gasteiger partial charge in [-0.3, -0.25) is 9.69 Å². The van der Waals surface area contributed by atoms with Gasteiger partial charge in [-0.15, -0.1) is 0 Å². The molecule has 1 aliphatic rings. The van der Waals surface area contributed by atoms with E-state index in [0.717, 1.165) is 19.4 Å². The Labute approximate surface area is 153 Å². The molecule has 1 N–H and O–H groups in total. The molecule has 0 aromatic rings. The molecule has 0 bridgehead atoms. The maximum Gasteiger partial charge on any atom is 0.410 e. The topological polar surface area (TPSA) is 61.9 Å². The van der Waals surface area contributed by atoms with Gasteiger partial charge in [0.05, 0.1) is 5.92 Å². The average molecular weight is 356 g/mol. The Hall–Kier alpha value is -1.30. The third kappa shape index (κ3) is 7.63. The number of hydrogen-bond donors (Lipinski definition) is 1. The predicted octanol–water partition coefficient (Wildman–Crippen LogP) is 2.87. The number of ether oxygens (including phenoxy) is 1. The first-order valence-electron chi connectivity index (χ1n) is 9.52. The fourth-order valence-electron chi connectivity index (χ4n) is 3.25. The minimum atomic E-state index is -0.510. The molecule has 2 amide bonds. The molecule has 0 spiro atoms. The molecule has 6 heteroatoms. The van der Waals surface area contributed by atoms with Gasteiger partial charge in [0.2, 0.25) is 5.91 Å². The first kappa shape index (κ1) is 21.7. The van der Waals surface area contributed by atoms with E-state index in [1.54, 1.807) is 4.90 Å². The molecule has 1 fully saturated rings. The van der Waals surface area contributed by atoms with Gasteiger partial charge in [0.15, 0.2) is 0 Å². The summed E-state index contributed by atoms with van der Waals surface area (Å²) in [5, 5.41) is 3.04. The largest absolute Gasteiger partial charge is 0.444 e. The first-order valence-corrected chi connectivity index (χ1v) is 9.52. The van der Waals surface area contributed by atoms with Gasteiger partial charge in [-0.25, -0.2) is 4.79 Å². The van der Waals surface area contributed by atoms with Gasteiger partial charge in [-0.1, -0.05) is 0 Å². The number of nitrogens with one attached hydrogen (secondary N) is 1. The minimum Gasteiger partial charge on any atom is -0.444 e. The van der Waals surface area contributed by atoms with Gasteiger partial charge < -0.3 is 15.0 Å². The normalized spacial score (nSPS) is 18.8. The zero-order chi connectivity index (χ0) is 19.2. The van der Waals surface area contributed by atoms with E-state index in [-0.39, 0.29) is 17.9 Å². The molecule has 146 valence electrons. The van der Waals surface area contributed by atoms with Crippen LogP contribution in [0.1, 0.15) is 61.3 Å². The third-order valence-corrected chi connectivity index (χ3v) is 4.44. The number of likely N-dealkylation sites (tertiary alicyclic amines) is 1. The van der Waals surface area contributed by atoms with E-state index in [1.165, 1.54) is 0 Å². The number of rotatable bonds is 6. The summed E-state index contributed by atoms with van der Waals surface area (Å²) in [5.74, 6) is -0.103. The van der Waals surface area contributed by atoms with Crippen molar-refractivity contribution in [1.29, 1.82) is 0 Å². The van der Waals surface area contributed by atoms with Crippen molar-refractivity contribution in [1.82, 2.24) is 15.1 Å². The Kier molecular flexibility index (Phi) is 8.19.